The van der Waals surface area contributed by atoms with Crippen LogP contribution in [-0.2, 0) is 4.79 Å². The van der Waals surface area contributed by atoms with Gasteiger partial charge >= 0.3 is 0 Å². The number of aromatic nitrogens is 1. The van der Waals surface area contributed by atoms with Crippen LogP contribution in [0.4, 0.5) is 0 Å². The first-order chi connectivity index (χ1) is 9.08. The number of amides is 2. The minimum Gasteiger partial charge on any atom is -0.384 e. The van der Waals surface area contributed by atoms with Crippen LogP contribution in [0.25, 0.3) is 0 Å². The largest absolute Gasteiger partial charge is 0.384 e. The number of aliphatic hydroxyl groups excluding tert-OH is 1. The van der Waals surface area contributed by atoms with Crippen molar-refractivity contribution in [2.24, 2.45) is 5.73 Å². The monoisotopic (exact) mass is 261 g/mol. The number of nitrogens with two attached hydrogens (primary N) is 1. The molecule has 6 nitrogen and oxygen atoms in total. The van der Waals surface area contributed by atoms with Gasteiger partial charge in [0.15, 0.2) is 0 Å². The van der Waals surface area contributed by atoms with Crippen molar-refractivity contribution in [3.63, 3.8) is 0 Å². The fourth-order valence-electron chi connectivity index (χ4n) is 1.46. The van der Waals surface area contributed by atoms with Gasteiger partial charge in [-0.25, -0.2) is 0 Å². The van der Waals surface area contributed by atoms with Gasteiger partial charge in [-0.1, -0.05) is 11.8 Å². The van der Waals surface area contributed by atoms with Gasteiger partial charge in [0, 0.05) is 24.5 Å². The average Bonchev–Trinajstić information content (AvgIpc) is 2.41. The van der Waals surface area contributed by atoms with Crippen LogP contribution in [0.3, 0.4) is 0 Å². The van der Waals surface area contributed by atoms with Crippen molar-refractivity contribution >= 4 is 11.8 Å². The van der Waals surface area contributed by atoms with Gasteiger partial charge in [-0.05, 0) is 13.0 Å². The minimum atomic E-state index is -0.570. The van der Waals surface area contributed by atoms with Crippen molar-refractivity contribution in [2.45, 2.75) is 6.92 Å². The van der Waals surface area contributed by atoms with Gasteiger partial charge in [0.05, 0.1) is 12.1 Å². The van der Waals surface area contributed by atoms with Crippen molar-refractivity contribution in [1.29, 1.82) is 0 Å². The van der Waals surface area contributed by atoms with E-state index in [1.807, 2.05) is 0 Å². The quantitative estimate of drug-likeness (QED) is 0.705. The normalized spacial score (nSPS) is 9.37. The molecule has 0 aliphatic carbocycles. The van der Waals surface area contributed by atoms with Crippen LogP contribution in [-0.4, -0.2) is 46.5 Å². The zero-order valence-electron chi connectivity index (χ0n) is 10.6. The summed E-state index contributed by atoms with van der Waals surface area (Å²) in [4.78, 5) is 28.2. The van der Waals surface area contributed by atoms with Gasteiger partial charge < -0.3 is 15.7 Å². The Bertz CT molecular complexity index is 531. The Hall–Kier alpha value is -2.39. The lowest BCUT2D eigenvalue weighted by Crippen LogP contribution is -2.38. The second-order valence-electron chi connectivity index (χ2n) is 3.71. The predicted octanol–water partition coefficient (Wildman–Crippen LogP) is -0.627. The molecule has 2 amide bonds. The number of primary amides is 1. The molecule has 0 saturated heterocycles. The Morgan fingerprint density at radius 1 is 1.47 bits per heavy atom. The van der Waals surface area contributed by atoms with E-state index in [0.29, 0.717) is 17.7 Å². The second-order valence-corrected chi connectivity index (χ2v) is 3.71. The topological polar surface area (TPSA) is 96.5 Å². The molecule has 0 aliphatic rings. The van der Waals surface area contributed by atoms with Crippen molar-refractivity contribution in [3.05, 3.63) is 29.6 Å². The lowest BCUT2D eigenvalue weighted by molar-refractivity contribution is -0.118. The van der Waals surface area contributed by atoms with Crippen LogP contribution >= 0.6 is 0 Å². The van der Waals surface area contributed by atoms with Gasteiger partial charge in [0.25, 0.3) is 5.91 Å². The Labute approximate surface area is 111 Å². The molecule has 0 aliphatic heterocycles. The number of pyridine rings is 1. The van der Waals surface area contributed by atoms with E-state index in [9.17, 15) is 9.59 Å². The molecule has 0 fully saturated rings. The third kappa shape index (κ3) is 4.41. The zero-order chi connectivity index (χ0) is 14.3. The Morgan fingerprint density at radius 3 is 2.79 bits per heavy atom. The number of nitrogens with zero attached hydrogens (tertiary/aromatic N) is 2. The minimum absolute atomic E-state index is 0.137. The van der Waals surface area contributed by atoms with E-state index in [0.717, 1.165) is 0 Å². The van der Waals surface area contributed by atoms with Crippen LogP contribution in [0.1, 0.15) is 22.8 Å². The fraction of sp³-hybridized carbons (Fsp3) is 0.308. The maximum absolute atomic E-state index is 12.1. The molecule has 0 saturated carbocycles. The highest BCUT2D eigenvalue weighted by atomic mass is 16.2. The van der Waals surface area contributed by atoms with Gasteiger partial charge in [-0.2, -0.15) is 0 Å². The van der Waals surface area contributed by atoms with Gasteiger partial charge in [0.2, 0.25) is 5.91 Å². The van der Waals surface area contributed by atoms with Crippen molar-refractivity contribution < 1.29 is 14.7 Å². The first-order valence-corrected chi connectivity index (χ1v) is 5.70. The lowest BCUT2D eigenvalue weighted by atomic mass is 10.2. The molecular weight excluding hydrogens is 246 g/mol. The zero-order valence-corrected chi connectivity index (χ0v) is 10.6. The molecule has 1 heterocycles. The predicted molar refractivity (Wildman–Crippen MR) is 69.0 cm³/mol. The highest BCUT2D eigenvalue weighted by Gasteiger charge is 2.16. The Balaban J connectivity index is 2.95. The number of aliphatic hydroxyl groups is 1. The van der Waals surface area contributed by atoms with E-state index in [4.69, 9.17) is 10.8 Å². The Morgan fingerprint density at radius 2 is 2.21 bits per heavy atom. The van der Waals surface area contributed by atoms with Gasteiger partial charge in [-0.3, -0.25) is 14.6 Å². The molecular formula is C13H15N3O3. The molecule has 6 heteroatoms. The molecule has 0 bridgehead atoms. The molecule has 0 aromatic carbocycles. The fourth-order valence-corrected chi connectivity index (χ4v) is 1.46. The highest BCUT2D eigenvalue weighted by Crippen LogP contribution is 2.06. The lowest BCUT2D eigenvalue weighted by Gasteiger charge is -2.18. The molecule has 3 N–H and O–H groups in total. The van der Waals surface area contributed by atoms with Crippen LogP contribution < -0.4 is 5.73 Å². The van der Waals surface area contributed by atoms with Crippen LogP contribution in [0, 0.1) is 11.8 Å². The standard InChI is InChI=1S/C13H15N3O3/c1-2-16(9-12(14)18)13(19)11-6-10(4-3-5-17)7-15-8-11/h6-8,17H,2,5,9H2,1H3,(H2,14,18). The molecule has 1 rings (SSSR count). The summed E-state index contributed by atoms with van der Waals surface area (Å²) < 4.78 is 0. The third-order valence-corrected chi connectivity index (χ3v) is 2.31. The van der Waals surface area contributed by atoms with Crippen molar-refractivity contribution in [3.8, 4) is 11.8 Å². The molecule has 0 spiro atoms. The molecule has 0 atom stereocenters. The number of rotatable bonds is 4. The smallest absolute Gasteiger partial charge is 0.255 e. The third-order valence-electron chi connectivity index (χ3n) is 2.31. The first-order valence-electron chi connectivity index (χ1n) is 5.70. The molecule has 1 aromatic rings. The number of carbonyl (C=O) groups excluding carboxylic acids is 2. The number of hydrogen-bond donors (Lipinski definition) is 2. The summed E-state index contributed by atoms with van der Waals surface area (Å²) in [6.45, 7) is 1.72. The summed E-state index contributed by atoms with van der Waals surface area (Å²) in [7, 11) is 0. The van der Waals surface area contributed by atoms with E-state index in [2.05, 4.69) is 16.8 Å². The summed E-state index contributed by atoms with van der Waals surface area (Å²) >= 11 is 0. The van der Waals surface area contributed by atoms with Crippen molar-refractivity contribution in [1.82, 2.24) is 9.88 Å². The molecule has 19 heavy (non-hydrogen) atoms. The number of hydrogen-bond acceptors (Lipinski definition) is 4. The molecule has 100 valence electrons. The van der Waals surface area contributed by atoms with E-state index in [-0.39, 0.29) is 19.1 Å². The Kier molecular flexibility index (Phi) is 5.51. The summed E-state index contributed by atoms with van der Waals surface area (Å²) in [5.74, 6) is 4.23. The SMILES string of the molecule is CCN(CC(N)=O)C(=O)c1cncc(C#CCO)c1. The van der Waals surface area contributed by atoms with Gasteiger partial charge in [0.1, 0.15) is 6.61 Å². The van der Waals surface area contributed by atoms with E-state index in [1.165, 1.54) is 17.3 Å². The maximum Gasteiger partial charge on any atom is 0.255 e. The average molecular weight is 261 g/mol. The molecule has 0 unspecified atom stereocenters. The van der Waals surface area contributed by atoms with E-state index >= 15 is 0 Å². The second kappa shape index (κ2) is 7.13. The summed E-state index contributed by atoms with van der Waals surface area (Å²) in [6, 6.07) is 1.56. The maximum atomic E-state index is 12.1. The van der Waals surface area contributed by atoms with E-state index in [1.54, 1.807) is 13.0 Å². The highest BCUT2D eigenvalue weighted by molar-refractivity contribution is 5.96. The summed E-state index contributed by atoms with van der Waals surface area (Å²) in [5, 5.41) is 8.61. The number of carbonyl (C=O) groups is 2. The summed E-state index contributed by atoms with van der Waals surface area (Å²) in [6.07, 6.45) is 2.89. The molecule has 0 radical (unpaired) electrons. The summed E-state index contributed by atoms with van der Waals surface area (Å²) in [5.41, 5.74) is 5.93. The van der Waals surface area contributed by atoms with Crippen LogP contribution in [0.15, 0.2) is 18.5 Å². The van der Waals surface area contributed by atoms with Gasteiger partial charge in [-0.15, -0.1) is 0 Å². The first kappa shape index (κ1) is 14.7. The van der Waals surface area contributed by atoms with Crippen molar-refractivity contribution in [2.75, 3.05) is 19.7 Å². The van der Waals surface area contributed by atoms with Crippen LogP contribution in [0.2, 0.25) is 0 Å². The van der Waals surface area contributed by atoms with E-state index < -0.39 is 5.91 Å². The number of likely N-dealkylation sites (N-methyl/N-ethyl adjacent to an activating group) is 1. The molecule has 1 aromatic heterocycles. The van der Waals surface area contributed by atoms with Crippen LogP contribution in [0.5, 0.6) is 0 Å².